The van der Waals surface area contributed by atoms with Gasteiger partial charge < -0.3 is 15.7 Å². The number of carboxylic acids is 1. The van der Waals surface area contributed by atoms with Crippen LogP contribution in [-0.2, 0) is 4.79 Å². The highest BCUT2D eigenvalue weighted by Crippen LogP contribution is 2.29. The molecule has 2 rings (SSSR count). The van der Waals surface area contributed by atoms with Gasteiger partial charge in [0.15, 0.2) is 0 Å². The Kier molecular flexibility index (Phi) is 3.35. The van der Waals surface area contributed by atoms with Gasteiger partial charge in [0.05, 0.1) is 17.6 Å². The van der Waals surface area contributed by atoms with E-state index in [1.54, 1.807) is 6.07 Å². The molecule has 0 amide bonds. The lowest BCUT2D eigenvalue weighted by atomic mass is 9.88. The topological polar surface area (TPSA) is 61.4 Å². The number of nitrogens with one attached hydrogen (secondary N) is 2. The average molecular weight is 303 g/mol. The Morgan fingerprint density at radius 1 is 1.59 bits per heavy atom. The first-order valence-electron chi connectivity index (χ1n) is 5.17. The zero-order chi connectivity index (χ0) is 12.5. The standard InChI is InChI=1S/C11H12BrFN2O2/c12-8-2-1-7(13)3-9(8)15-11(4-10(16)17)5-14-6-11/h1-3,14-15H,4-6H2,(H,16,17). The molecule has 0 unspecified atom stereocenters. The van der Waals surface area contributed by atoms with Gasteiger partial charge in [-0.05, 0) is 34.1 Å². The summed E-state index contributed by atoms with van der Waals surface area (Å²) in [6.07, 6.45) is 0.00293. The van der Waals surface area contributed by atoms with Crippen molar-refractivity contribution in [1.29, 1.82) is 0 Å². The van der Waals surface area contributed by atoms with Gasteiger partial charge in [-0.3, -0.25) is 4.79 Å². The number of carboxylic acid groups (broad SMARTS) is 1. The number of hydrogen-bond acceptors (Lipinski definition) is 3. The number of aliphatic carboxylic acids is 1. The summed E-state index contributed by atoms with van der Waals surface area (Å²) in [6.45, 7) is 1.12. The lowest BCUT2D eigenvalue weighted by Gasteiger charge is -2.43. The first-order valence-corrected chi connectivity index (χ1v) is 5.96. The maximum absolute atomic E-state index is 13.1. The lowest BCUT2D eigenvalue weighted by molar-refractivity contribution is -0.138. The Balaban J connectivity index is 2.18. The molecule has 0 aromatic heterocycles. The minimum absolute atomic E-state index is 0.00293. The second-order valence-electron chi connectivity index (χ2n) is 4.20. The molecular weight excluding hydrogens is 291 g/mol. The van der Waals surface area contributed by atoms with Crippen LogP contribution in [0, 0.1) is 5.82 Å². The van der Waals surface area contributed by atoms with Crippen LogP contribution in [0.1, 0.15) is 6.42 Å². The van der Waals surface area contributed by atoms with E-state index in [1.165, 1.54) is 12.1 Å². The van der Waals surface area contributed by atoms with Gasteiger partial charge in [0.25, 0.3) is 0 Å². The van der Waals surface area contributed by atoms with Gasteiger partial charge >= 0.3 is 5.97 Å². The van der Waals surface area contributed by atoms with Crippen LogP contribution < -0.4 is 10.6 Å². The van der Waals surface area contributed by atoms with Gasteiger partial charge in [-0.1, -0.05) is 0 Å². The molecule has 1 aliphatic heterocycles. The lowest BCUT2D eigenvalue weighted by Crippen LogP contribution is -2.65. The molecule has 4 nitrogen and oxygen atoms in total. The number of hydrogen-bond donors (Lipinski definition) is 3. The van der Waals surface area contributed by atoms with Crippen LogP contribution in [0.15, 0.2) is 22.7 Å². The first-order chi connectivity index (χ1) is 8.01. The van der Waals surface area contributed by atoms with Gasteiger partial charge in [-0.15, -0.1) is 0 Å². The molecule has 1 aliphatic rings. The van der Waals surface area contributed by atoms with Gasteiger partial charge in [0.2, 0.25) is 0 Å². The van der Waals surface area contributed by atoms with E-state index in [2.05, 4.69) is 26.6 Å². The van der Waals surface area contributed by atoms with E-state index in [-0.39, 0.29) is 12.2 Å². The van der Waals surface area contributed by atoms with Crippen LogP contribution in [0.5, 0.6) is 0 Å². The van der Waals surface area contributed by atoms with E-state index < -0.39 is 11.5 Å². The highest BCUT2D eigenvalue weighted by molar-refractivity contribution is 9.10. The van der Waals surface area contributed by atoms with E-state index >= 15 is 0 Å². The molecule has 1 saturated heterocycles. The molecule has 1 aromatic rings. The minimum atomic E-state index is -0.869. The maximum Gasteiger partial charge on any atom is 0.305 e. The highest BCUT2D eigenvalue weighted by atomic mass is 79.9. The van der Waals surface area contributed by atoms with Gasteiger partial charge in [0, 0.05) is 17.6 Å². The molecule has 0 bridgehead atoms. The van der Waals surface area contributed by atoms with Crippen LogP contribution in [0.25, 0.3) is 0 Å². The molecule has 3 N–H and O–H groups in total. The average Bonchev–Trinajstić information content (AvgIpc) is 2.19. The molecule has 92 valence electrons. The largest absolute Gasteiger partial charge is 0.481 e. The van der Waals surface area contributed by atoms with Gasteiger partial charge in [-0.2, -0.15) is 0 Å². The molecule has 0 spiro atoms. The third kappa shape index (κ3) is 2.76. The fourth-order valence-electron chi connectivity index (χ4n) is 1.85. The second-order valence-corrected chi connectivity index (χ2v) is 5.06. The van der Waals surface area contributed by atoms with Crippen molar-refractivity contribution in [3.63, 3.8) is 0 Å². The van der Waals surface area contributed by atoms with E-state index in [4.69, 9.17) is 5.11 Å². The summed E-state index contributed by atoms with van der Waals surface area (Å²) in [6, 6.07) is 4.29. The summed E-state index contributed by atoms with van der Waals surface area (Å²) in [5, 5.41) is 15.0. The van der Waals surface area contributed by atoms with Gasteiger partial charge in [-0.25, -0.2) is 4.39 Å². The monoisotopic (exact) mass is 302 g/mol. The Morgan fingerprint density at radius 3 is 2.82 bits per heavy atom. The van der Waals surface area contributed by atoms with Crippen LogP contribution >= 0.6 is 15.9 Å². The first kappa shape index (κ1) is 12.3. The molecule has 17 heavy (non-hydrogen) atoms. The zero-order valence-corrected chi connectivity index (χ0v) is 10.6. The predicted molar refractivity (Wildman–Crippen MR) is 65.6 cm³/mol. The van der Waals surface area contributed by atoms with Crippen molar-refractivity contribution in [2.24, 2.45) is 0 Å². The molecule has 1 aromatic carbocycles. The molecule has 0 saturated carbocycles. The van der Waals surface area contributed by atoms with Crippen molar-refractivity contribution in [2.45, 2.75) is 12.0 Å². The molecule has 1 heterocycles. The summed E-state index contributed by atoms with van der Waals surface area (Å²) >= 11 is 3.31. The van der Waals surface area contributed by atoms with Crippen LogP contribution in [-0.4, -0.2) is 29.7 Å². The molecule has 0 radical (unpaired) electrons. The van der Waals surface area contributed by atoms with Crippen molar-refractivity contribution >= 4 is 27.6 Å². The highest BCUT2D eigenvalue weighted by Gasteiger charge is 2.39. The predicted octanol–water partition coefficient (Wildman–Crippen LogP) is 1.82. The zero-order valence-electron chi connectivity index (χ0n) is 8.96. The Bertz CT molecular complexity index is 449. The summed E-state index contributed by atoms with van der Waals surface area (Å²) < 4.78 is 13.8. The van der Waals surface area contributed by atoms with E-state index in [1.807, 2.05) is 0 Å². The van der Waals surface area contributed by atoms with Crippen molar-refractivity contribution in [3.05, 3.63) is 28.5 Å². The molecule has 1 fully saturated rings. The van der Waals surface area contributed by atoms with Crippen molar-refractivity contribution in [3.8, 4) is 0 Å². The summed E-state index contributed by atoms with van der Waals surface area (Å²) in [5.41, 5.74) is 0.0510. The summed E-state index contributed by atoms with van der Waals surface area (Å²) in [4.78, 5) is 10.8. The Labute approximate surface area is 106 Å². The quantitative estimate of drug-likeness (QED) is 0.794. The Hall–Kier alpha value is -1.14. The maximum atomic E-state index is 13.1. The number of benzene rings is 1. The normalized spacial score (nSPS) is 17.3. The summed E-state index contributed by atoms with van der Waals surface area (Å²) in [5.74, 6) is -1.22. The van der Waals surface area contributed by atoms with Crippen molar-refractivity contribution < 1.29 is 14.3 Å². The number of anilines is 1. The second kappa shape index (κ2) is 4.62. The van der Waals surface area contributed by atoms with Crippen molar-refractivity contribution in [1.82, 2.24) is 5.32 Å². The number of halogens is 2. The van der Waals surface area contributed by atoms with Crippen LogP contribution in [0.2, 0.25) is 0 Å². The van der Waals surface area contributed by atoms with Crippen LogP contribution in [0.3, 0.4) is 0 Å². The summed E-state index contributed by atoms with van der Waals surface area (Å²) in [7, 11) is 0. The van der Waals surface area contributed by atoms with E-state index in [0.29, 0.717) is 18.8 Å². The molecule has 6 heteroatoms. The fraction of sp³-hybridized carbons (Fsp3) is 0.364. The van der Waals surface area contributed by atoms with E-state index in [9.17, 15) is 9.18 Å². The van der Waals surface area contributed by atoms with Crippen molar-refractivity contribution in [2.75, 3.05) is 18.4 Å². The third-order valence-corrected chi connectivity index (χ3v) is 3.44. The third-order valence-electron chi connectivity index (χ3n) is 2.74. The molecule has 0 aliphatic carbocycles. The number of carbonyl (C=O) groups is 1. The van der Waals surface area contributed by atoms with E-state index in [0.717, 1.165) is 4.47 Å². The molecule has 0 atom stereocenters. The smallest absolute Gasteiger partial charge is 0.305 e. The van der Waals surface area contributed by atoms with Gasteiger partial charge in [0.1, 0.15) is 5.82 Å². The minimum Gasteiger partial charge on any atom is -0.481 e. The number of rotatable bonds is 4. The Morgan fingerprint density at radius 2 is 2.29 bits per heavy atom. The fourth-order valence-corrected chi connectivity index (χ4v) is 2.20. The molecular formula is C11H12BrFN2O2. The SMILES string of the molecule is O=C(O)CC1(Nc2cc(F)ccc2Br)CNC1. The van der Waals surface area contributed by atoms with Crippen LogP contribution in [0.4, 0.5) is 10.1 Å².